The summed E-state index contributed by atoms with van der Waals surface area (Å²) in [6, 6.07) is 17.5. The molecule has 2 amide bonds. The van der Waals surface area contributed by atoms with Crippen molar-refractivity contribution in [2.75, 3.05) is 19.1 Å². The van der Waals surface area contributed by atoms with Gasteiger partial charge in [0, 0.05) is 17.3 Å². The number of anilines is 1. The van der Waals surface area contributed by atoms with Crippen LogP contribution in [0.3, 0.4) is 0 Å². The lowest BCUT2D eigenvalue weighted by Gasteiger charge is -2.35. The number of hydrogen-bond acceptors (Lipinski definition) is 6. The Morgan fingerprint density at radius 2 is 1.64 bits per heavy atom. The molecule has 1 aromatic heterocycles. The first-order valence-corrected chi connectivity index (χ1v) is 12.7. The number of amides is 2. The maximum absolute atomic E-state index is 14.3. The quantitative estimate of drug-likeness (QED) is 0.354. The third-order valence-electron chi connectivity index (χ3n) is 6.29. The van der Waals surface area contributed by atoms with Crippen molar-refractivity contribution >= 4 is 28.5 Å². The van der Waals surface area contributed by atoms with Crippen molar-refractivity contribution in [3.8, 4) is 11.5 Å². The molecule has 3 aromatic carbocycles. The average molecular weight is 530 g/mol. The van der Waals surface area contributed by atoms with Crippen molar-refractivity contribution in [1.29, 1.82) is 0 Å². The highest BCUT2D eigenvalue weighted by atomic mass is 16.5. The predicted octanol–water partition coefficient (Wildman–Crippen LogP) is 4.75. The van der Waals surface area contributed by atoms with E-state index < -0.39 is 11.6 Å². The molecule has 4 aromatic rings. The number of fused-ring (bicyclic) bond motifs is 1. The van der Waals surface area contributed by atoms with E-state index in [1.54, 1.807) is 42.0 Å². The molecule has 0 aliphatic carbocycles. The molecule has 0 aliphatic rings. The predicted molar refractivity (Wildman–Crippen MR) is 151 cm³/mol. The third kappa shape index (κ3) is 6.19. The SMILES string of the molecule is COc1cc(OC)cc([C@@H](C(=O)NC(C)(C)C)N(C(=O)Cn2nnc3ccccc32)c2cc(C)ccc2C)c1. The fourth-order valence-electron chi connectivity index (χ4n) is 4.48. The van der Waals surface area contributed by atoms with E-state index in [1.807, 2.05) is 77.1 Å². The highest BCUT2D eigenvalue weighted by Gasteiger charge is 2.36. The van der Waals surface area contributed by atoms with Crippen LogP contribution in [-0.4, -0.2) is 46.6 Å². The Balaban J connectivity index is 1.92. The Bertz CT molecular complexity index is 1480. The van der Waals surface area contributed by atoms with Gasteiger partial charge in [-0.3, -0.25) is 14.5 Å². The first-order chi connectivity index (χ1) is 18.5. The molecule has 0 unspecified atom stereocenters. The number of hydrogen-bond donors (Lipinski definition) is 1. The van der Waals surface area contributed by atoms with Crippen LogP contribution in [0.5, 0.6) is 11.5 Å². The van der Waals surface area contributed by atoms with Crippen LogP contribution in [0.25, 0.3) is 11.0 Å². The zero-order chi connectivity index (χ0) is 28.3. The van der Waals surface area contributed by atoms with E-state index in [2.05, 4.69) is 15.6 Å². The molecule has 0 fully saturated rings. The van der Waals surface area contributed by atoms with Crippen molar-refractivity contribution < 1.29 is 19.1 Å². The van der Waals surface area contributed by atoms with Gasteiger partial charge in [-0.05, 0) is 81.6 Å². The highest BCUT2D eigenvalue weighted by Crippen LogP contribution is 2.35. The van der Waals surface area contributed by atoms with Crippen molar-refractivity contribution in [2.45, 2.75) is 52.7 Å². The summed E-state index contributed by atoms with van der Waals surface area (Å²) in [5.74, 6) is 0.354. The number of ether oxygens (including phenoxy) is 2. The Morgan fingerprint density at radius 3 is 2.28 bits per heavy atom. The van der Waals surface area contributed by atoms with Gasteiger partial charge in [-0.25, -0.2) is 4.68 Å². The molecule has 1 heterocycles. The van der Waals surface area contributed by atoms with Gasteiger partial charge in [0.15, 0.2) is 0 Å². The minimum Gasteiger partial charge on any atom is -0.497 e. The fraction of sp³-hybridized carbons (Fsp3) is 0.333. The molecular formula is C30H35N5O4. The molecule has 204 valence electrons. The molecule has 1 N–H and O–H groups in total. The Kier molecular flexibility index (Phi) is 7.90. The van der Waals surface area contributed by atoms with E-state index >= 15 is 0 Å². The van der Waals surface area contributed by atoms with Crippen molar-refractivity contribution in [3.63, 3.8) is 0 Å². The van der Waals surface area contributed by atoms with Crippen LogP contribution >= 0.6 is 0 Å². The molecule has 39 heavy (non-hydrogen) atoms. The monoisotopic (exact) mass is 529 g/mol. The summed E-state index contributed by atoms with van der Waals surface area (Å²) >= 11 is 0. The van der Waals surface area contributed by atoms with E-state index in [1.165, 1.54) is 0 Å². The molecule has 0 radical (unpaired) electrons. The number of methoxy groups -OCH3 is 2. The number of aryl methyl sites for hydroxylation is 2. The molecule has 0 aliphatic heterocycles. The van der Waals surface area contributed by atoms with Gasteiger partial charge >= 0.3 is 0 Å². The van der Waals surface area contributed by atoms with Gasteiger partial charge in [-0.15, -0.1) is 5.10 Å². The van der Waals surface area contributed by atoms with Gasteiger partial charge in [-0.1, -0.05) is 29.5 Å². The number of aromatic nitrogens is 3. The summed E-state index contributed by atoms with van der Waals surface area (Å²) in [5.41, 5.74) is 3.84. The maximum Gasteiger partial charge on any atom is 0.249 e. The molecule has 0 bridgehead atoms. The molecule has 0 spiro atoms. The zero-order valence-electron chi connectivity index (χ0n) is 23.5. The first-order valence-electron chi connectivity index (χ1n) is 12.7. The van der Waals surface area contributed by atoms with Crippen molar-refractivity contribution in [3.05, 3.63) is 77.4 Å². The summed E-state index contributed by atoms with van der Waals surface area (Å²) in [6.07, 6.45) is 0. The third-order valence-corrected chi connectivity index (χ3v) is 6.29. The minimum atomic E-state index is -1.03. The normalized spacial score (nSPS) is 12.2. The lowest BCUT2D eigenvalue weighted by atomic mass is 9.98. The number of para-hydroxylation sites is 1. The number of carbonyl (C=O) groups excluding carboxylic acids is 2. The Labute approximate surface area is 228 Å². The summed E-state index contributed by atoms with van der Waals surface area (Å²) in [6.45, 7) is 9.47. The molecule has 9 nitrogen and oxygen atoms in total. The number of carbonyl (C=O) groups is 2. The summed E-state index contributed by atoms with van der Waals surface area (Å²) < 4.78 is 12.6. The van der Waals surface area contributed by atoms with Crippen LogP contribution in [0, 0.1) is 13.8 Å². The van der Waals surface area contributed by atoms with Crippen LogP contribution in [0.4, 0.5) is 5.69 Å². The molecule has 0 saturated heterocycles. The van der Waals surface area contributed by atoms with E-state index in [0.717, 1.165) is 16.6 Å². The van der Waals surface area contributed by atoms with Crippen LogP contribution in [0.15, 0.2) is 60.7 Å². The van der Waals surface area contributed by atoms with E-state index in [0.29, 0.717) is 28.3 Å². The number of rotatable bonds is 8. The van der Waals surface area contributed by atoms with Crippen LogP contribution in [0.2, 0.25) is 0 Å². The number of nitrogens with zero attached hydrogens (tertiary/aromatic N) is 4. The fourth-order valence-corrected chi connectivity index (χ4v) is 4.48. The van der Waals surface area contributed by atoms with Gasteiger partial charge in [0.25, 0.3) is 0 Å². The molecule has 9 heteroatoms. The lowest BCUT2D eigenvalue weighted by Crippen LogP contribution is -2.50. The van der Waals surface area contributed by atoms with Gasteiger partial charge < -0.3 is 14.8 Å². The largest absolute Gasteiger partial charge is 0.497 e. The van der Waals surface area contributed by atoms with Crippen LogP contribution in [-0.2, 0) is 16.1 Å². The number of nitrogens with one attached hydrogen (secondary N) is 1. The maximum atomic E-state index is 14.3. The van der Waals surface area contributed by atoms with E-state index in [-0.39, 0.29) is 18.4 Å². The first kappa shape index (κ1) is 27.6. The number of benzene rings is 3. The van der Waals surface area contributed by atoms with Gasteiger partial charge in [0.2, 0.25) is 11.8 Å². The van der Waals surface area contributed by atoms with Crippen molar-refractivity contribution in [1.82, 2.24) is 20.3 Å². The summed E-state index contributed by atoms with van der Waals surface area (Å²) in [5, 5.41) is 11.5. The smallest absolute Gasteiger partial charge is 0.249 e. The molecule has 1 atom stereocenters. The van der Waals surface area contributed by atoms with Crippen LogP contribution in [0.1, 0.15) is 43.5 Å². The molecule has 4 rings (SSSR count). The van der Waals surface area contributed by atoms with E-state index in [4.69, 9.17) is 9.47 Å². The van der Waals surface area contributed by atoms with Crippen molar-refractivity contribution in [2.24, 2.45) is 0 Å². The summed E-state index contributed by atoms with van der Waals surface area (Å²) in [4.78, 5) is 29.9. The second kappa shape index (κ2) is 11.1. The Morgan fingerprint density at radius 1 is 0.974 bits per heavy atom. The average Bonchev–Trinajstić information content (AvgIpc) is 3.29. The van der Waals surface area contributed by atoms with Gasteiger partial charge in [0.1, 0.15) is 29.6 Å². The topological polar surface area (TPSA) is 98.6 Å². The second-order valence-corrected chi connectivity index (χ2v) is 10.6. The minimum absolute atomic E-state index is 0.117. The van der Waals surface area contributed by atoms with E-state index in [9.17, 15) is 9.59 Å². The lowest BCUT2D eigenvalue weighted by molar-refractivity contribution is -0.128. The highest BCUT2D eigenvalue weighted by molar-refractivity contribution is 6.02. The molecule has 0 saturated carbocycles. The second-order valence-electron chi connectivity index (χ2n) is 10.6. The zero-order valence-corrected chi connectivity index (χ0v) is 23.5. The summed E-state index contributed by atoms with van der Waals surface area (Å²) in [7, 11) is 3.10. The molecular weight excluding hydrogens is 494 g/mol. The van der Waals surface area contributed by atoms with Crippen LogP contribution < -0.4 is 19.7 Å². The van der Waals surface area contributed by atoms with Gasteiger partial charge in [-0.2, -0.15) is 0 Å². The standard InChI is InChI=1S/C30H35N5O4/c1-19-12-13-20(2)26(14-19)35(27(36)18-34-25-11-9-8-10-24(25)32-33-34)28(29(37)31-30(3,4)5)21-15-22(38-6)17-23(16-21)39-7/h8-17,28H,18H2,1-7H3,(H,31,37)/t28-/m0/s1. The van der Waals surface area contributed by atoms with Gasteiger partial charge in [0.05, 0.1) is 19.7 Å². The Hall–Kier alpha value is -4.40.